The van der Waals surface area contributed by atoms with E-state index in [0.29, 0.717) is 5.56 Å². The average molecular weight is 263 g/mol. The van der Waals surface area contributed by atoms with E-state index in [1.54, 1.807) is 43.3 Å². The molecule has 0 aliphatic heterocycles. The van der Waals surface area contributed by atoms with E-state index in [4.69, 9.17) is 4.74 Å². The van der Waals surface area contributed by atoms with E-state index in [1.807, 2.05) is 0 Å². The molecule has 0 aromatic heterocycles. The summed E-state index contributed by atoms with van der Waals surface area (Å²) in [7, 11) is 3.37. The highest BCUT2D eigenvalue weighted by Crippen LogP contribution is 2.24. The largest absolute Gasteiger partial charge is 0.497 e. The number of carbonyl (C=O) groups excluding carboxylic acids is 1. The van der Waals surface area contributed by atoms with Crippen molar-refractivity contribution >= 4 is 5.91 Å². The van der Waals surface area contributed by atoms with Gasteiger partial charge in [-0.1, -0.05) is 12.8 Å². The molecule has 0 radical (unpaired) electrons. The van der Waals surface area contributed by atoms with Crippen molar-refractivity contribution in [3.05, 3.63) is 29.8 Å². The number of likely N-dealkylation sites (N-methyl/N-ethyl adjacent to an activating group) is 1. The first kappa shape index (κ1) is 13.9. The number of hydrogen-bond donors (Lipinski definition) is 1. The maximum atomic E-state index is 12.4. The molecule has 4 nitrogen and oxygen atoms in total. The number of benzene rings is 1. The summed E-state index contributed by atoms with van der Waals surface area (Å²) in [4.78, 5) is 14.0. The molecule has 0 unspecified atom stereocenters. The topological polar surface area (TPSA) is 49.8 Å². The number of aliphatic hydroxyl groups is 1. The second kappa shape index (κ2) is 6.06. The predicted molar refractivity (Wildman–Crippen MR) is 73.4 cm³/mol. The fraction of sp³-hybridized carbons (Fsp3) is 0.533. The van der Waals surface area contributed by atoms with Gasteiger partial charge in [-0.15, -0.1) is 0 Å². The summed E-state index contributed by atoms with van der Waals surface area (Å²) < 4.78 is 5.08. The number of ether oxygens (including phenoxy) is 1. The number of nitrogens with zero attached hydrogens (tertiary/aromatic N) is 1. The van der Waals surface area contributed by atoms with Gasteiger partial charge in [0, 0.05) is 12.6 Å². The third kappa shape index (κ3) is 3.07. The number of hydrogen-bond acceptors (Lipinski definition) is 3. The van der Waals surface area contributed by atoms with Gasteiger partial charge in [0.2, 0.25) is 0 Å². The van der Waals surface area contributed by atoms with Crippen molar-refractivity contribution < 1.29 is 14.6 Å². The Balaban J connectivity index is 2.08. The molecule has 4 heteroatoms. The molecule has 1 aliphatic rings. The van der Waals surface area contributed by atoms with Crippen molar-refractivity contribution in [2.24, 2.45) is 0 Å². The van der Waals surface area contributed by atoms with Gasteiger partial charge < -0.3 is 14.7 Å². The molecule has 104 valence electrons. The van der Waals surface area contributed by atoms with Crippen LogP contribution < -0.4 is 4.74 Å². The fourth-order valence-electron chi connectivity index (χ4n) is 2.63. The summed E-state index contributed by atoms with van der Waals surface area (Å²) in [5.74, 6) is 0.686. The van der Waals surface area contributed by atoms with Crippen LogP contribution in [-0.4, -0.2) is 42.2 Å². The Morgan fingerprint density at radius 2 is 1.89 bits per heavy atom. The average Bonchev–Trinajstić information content (AvgIpc) is 2.46. The molecule has 1 aromatic carbocycles. The van der Waals surface area contributed by atoms with Crippen molar-refractivity contribution in [1.82, 2.24) is 4.90 Å². The van der Waals surface area contributed by atoms with E-state index >= 15 is 0 Å². The Kier molecular flexibility index (Phi) is 4.43. The monoisotopic (exact) mass is 263 g/mol. The first-order valence-electron chi connectivity index (χ1n) is 6.72. The van der Waals surface area contributed by atoms with E-state index < -0.39 is 6.10 Å². The lowest BCUT2D eigenvalue weighted by atomic mass is 9.91. The van der Waals surface area contributed by atoms with Gasteiger partial charge >= 0.3 is 0 Å². The number of carbonyl (C=O) groups is 1. The molecule has 0 bridgehead atoms. The summed E-state index contributed by atoms with van der Waals surface area (Å²) in [6.07, 6.45) is 3.37. The molecular weight excluding hydrogens is 242 g/mol. The Bertz CT molecular complexity index is 430. The highest BCUT2D eigenvalue weighted by Gasteiger charge is 2.29. The second-order valence-electron chi connectivity index (χ2n) is 5.06. The van der Waals surface area contributed by atoms with Crippen molar-refractivity contribution in [3.63, 3.8) is 0 Å². The number of amides is 1. The molecule has 1 amide bonds. The van der Waals surface area contributed by atoms with E-state index in [9.17, 15) is 9.90 Å². The van der Waals surface area contributed by atoms with Gasteiger partial charge in [-0.25, -0.2) is 0 Å². The lowest BCUT2D eigenvalue weighted by molar-refractivity contribution is 0.0268. The molecule has 2 atom stereocenters. The van der Waals surface area contributed by atoms with Gasteiger partial charge in [0.25, 0.3) is 5.91 Å². The summed E-state index contributed by atoms with van der Waals surface area (Å²) in [6, 6.07) is 7.00. The van der Waals surface area contributed by atoms with Crippen LogP contribution >= 0.6 is 0 Å². The van der Waals surface area contributed by atoms with Gasteiger partial charge in [0.05, 0.1) is 19.3 Å². The molecule has 0 heterocycles. The summed E-state index contributed by atoms with van der Waals surface area (Å²) in [5, 5.41) is 10.0. The van der Waals surface area contributed by atoms with Crippen molar-refractivity contribution in [2.45, 2.75) is 37.8 Å². The van der Waals surface area contributed by atoms with E-state index in [1.165, 1.54) is 0 Å². The smallest absolute Gasteiger partial charge is 0.253 e. The summed E-state index contributed by atoms with van der Waals surface area (Å²) in [5.41, 5.74) is 0.626. The van der Waals surface area contributed by atoms with E-state index in [-0.39, 0.29) is 11.9 Å². The van der Waals surface area contributed by atoms with Crippen LogP contribution in [0.3, 0.4) is 0 Å². The third-order valence-electron chi connectivity index (χ3n) is 3.85. The number of rotatable bonds is 3. The maximum Gasteiger partial charge on any atom is 0.253 e. The molecule has 1 N–H and O–H groups in total. The van der Waals surface area contributed by atoms with Gasteiger partial charge in [-0.3, -0.25) is 4.79 Å². The fourth-order valence-corrected chi connectivity index (χ4v) is 2.63. The number of methoxy groups -OCH3 is 1. The SMILES string of the molecule is COc1ccc(C(=O)N(C)[C@@H]2CCCC[C@H]2O)cc1. The van der Waals surface area contributed by atoms with Crippen molar-refractivity contribution in [2.75, 3.05) is 14.2 Å². The molecule has 1 aromatic rings. The van der Waals surface area contributed by atoms with Gasteiger partial charge in [-0.2, -0.15) is 0 Å². The first-order valence-corrected chi connectivity index (χ1v) is 6.72. The van der Waals surface area contributed by atoms with Crippen LogP contribution in [0.1, 0.15) is 36.0 Å². The van der Waals surface area contributed by atoms with Gasteiger partial charge in [0.1, 0.15) is 5.75 Å². The first-order chi connectivity index (χ1) is 9.13. The minimum Gasteiger partial charge on any atom is -0.497 e. The highest BCUT2D eigenvalue weighted by atomic mass is 16.5. The van der Waals surface area contributed by atoms with Crippen LogP contribution in [0.5, 0.6) is 5.75 Å². The molecule has 1 aliphatic carbocycles. The standard InChI is InChI=1S/C15H21NO3/c1-16(13-5-3-4-6-14(13)17)15(18)11-7-9-12(19-2)10-8-11/h7-10,13-14,17H,3-6H2,1-2H3/t13-,14-/m1/s1. The summed E-state index contributed by atoms with van der Waals surface area (Å²) in [6.45, 7) is 0. The van der Waals surface area contributed by atoms with Crippen LogP contribution in [0.2, 0.25) is 0 Å². The van der Waals surface area contributed by atoms with Gasteiger partial charge in [0.15, 0.2) is 0 Å². The molecule has 0 spiro atoms. The Morgan fingerprint density at radius 3 is 2.47 bits per heavy atom. The highest BCUT2D eigenvalue weighted by molar-refractivity contribution is 5.94. The molecule has 1 fully saturated rings. The van der Waals surface area contributed by atoms with Crippen LogP contribution in [0, 0.1) is 0 Å². The molecular formula is C15H21NO3. The van der Waals surface area contributed by atoms with E-state index in [0.717, 1.165) is 31.4 Å². The van der Waals surface area contributed by atoms with Gasteiger partial charge in [-0.05, 0) is 37.1 Å². The second-order valence-corrected chi connectivity index (χ2v) is 5.06. The quantitative estimate of drug-likeness (QED) is 0.908. The predicted octanol–water partition coefficient (Wildman–Crippen LogP) is 2.07. The molecule has 2 rings (SSSR count). The molecule has 1 saturated carbocycles. The minimum atomic E-state index is -0.402. The minimum absolute atomic E-state index is 0.0476. The lowest BCUT2D eigenvalue weighted by Gasteiger charge is -2.35. The third-order valence-corrected chi connectivity index (χ3v) is 3.85. The lowest BCUT2D eigenvalue weighted by Crippen LogP contribution is -2.46. The van der Waals surface area contributed by atoms with Crippen LogP contribution in [0.15, 0.2) is 24.3 Å². The van der Waals surface area contributed by atoms with E-state index in [2.05, 4.69) is 0 Å². The van der Waals surface area contributed by atoms with Crippen LogP contribution in [0.25, 0.3) is 0 Å². The molecule has 19 heavy (non-hydrogen) atoms. The normalized spacial score (nSPS) is 22.9. The van der Waals surface area contributed by atoms with Crippen molar-refractivity contribution in [3.8, 4) is 5.75 Å². The van der Waals surface area contributed by atoms with Crippen LogP contribution in [-0.2, 0) is 0 Å². The maximum absolute atomic E-state index is 12.4. The van der Waals surface area contributed by atoms with Crippen molar-refractivity contribution in [1.29, 1.82) is 0 Å². The Hall–Kier alpha value is -1.55. The summed E-state index contributed by atoms with van der Waals surface area (Å²) >= 11 is 0. The molecule has 0 saturated heterocycles. The Morgan fingerprint density at radius 1 is 1.26 bits per heavy atom. The Labute approximate surface area is 114 Å². The number of aliphatic hydroxyl groups excluding tert-OH is 1. The van der Waals surface area contributed by atoms with Crippen LogP contribution in [0.4, 0.5) is 0 Å². The zero-order chi connectivity index (χ0) is 13.8. The zero-order valence-corrected chi connectivity index (χ0v) is 11.5. The zero-order valence-electron chi connectivity index (χ0n) is 11.5.